The van der Waals surface area contributed by atoms with Crippen molar-refractivity contribution in [2.24, 2.45) is 0 Å². The van der Waals surface area contributed by atoms with Crippen LogP contribution in [-0.2, 0) is 37.5 Å². The molecule has 2 heteroatoms. The number of aryl methyl sites for hydroxylation is 2. The van der Waals surface area contributed by atoms with E-state index < -0.39 is 0 Å². The molecule has 0 N–H and O–H groups in total. The summed E-state index contributed by atoms with van der Waals surface area (Å²) in [7, 11) is 0. The van der Waals surface area contributed by atoms with Crippen LogP contribution in [0.2, 0.25) is 0 Å². The molecule has 0 saturated carbocycles. The van der Waals surface area contributed by atoms with Crippen molar-refractivity contribution >= 4 is 6.29 Å². The van der Waals surface area contributed by atoms with Gasteiger partial charge in [0.2, 0.25) is 0 Å². The first kappa shape index (κ1) is 11.0. The third-order valence-corrected chi connectivity index (χ3v) is 1.58. The van der Waals surface area contributed by atoms with Crippen LogP contribution < -0.4 is 0 Å². The predicted octanol–water partition coefficient (Wildman–Crippen LogP) is 1.76. The number of rotatable bonds is 1. The predicted molar refractivity (Wildman–Crippen MR) is 40.7 cm³/mol. The maximum atomic E-state index is 10.3. The topological polar surface area (TPSA) is 17.1 Å². The fourth-order valence-corrected chi connectivity index (χ4v) is 0.975. The molecule has 0 aromatic heterocycles. The van der Waals surface area contributed by atoms with Crippen LogP contribution >= 0.6 is 0 Å². The third-order valence-electron chi connectivity index (χ3n) is 1.58. The van der Waals surface area contributed by atoms with Gasteiger partial charge in [-0.2, -0.15) is 0 Å². The molecule has 1 nitrogen and oxygen atoms in total. The zero-order valence-corrected chi connectivity index (χ0v) is 9.56. The number of hydrogen-bond acceptors (Lipinski definition) is 1. The standard InChI is InChI=1S/C9H9O.Y/c1-7-4-3-5-8(2)9(7)6-10;/h3-5H,1-2H3;/q-1;. The molecule has 0 aliphatic carbocycles. The summed E-state index contributed by atoms with van der Waals surface area (Å²) in [5, 5.41) is 0. The Morgan fingerprint density at radius 2 is 1.64 bits per heavy atom. The van der Waals surface area contributed by atoms with Gasteiger partial charge in [-0.05, 0) is 0 Å². The number of hydrogen-bond donors (Lipinski definition) is 0. The fourth-order valence-electron chi connectivity index (χ4n) is 0.975. The first-order valence-electron chi connectivity index (χ1n) is 3.20. The Kier molecular flexibility index (Phi) is 4.79. The van der Waals surface area contributed by atoms with Gasteiger partial charge in [0.25, 0.3) is 0 Å². The van der Waals surface area contributed by atoms with Crippen molar-refractivity contribution in [3.8, 4) is 0 Å². The second kappa shape index (κ2) is 4.79. The largest absolute Gasteiger partial charge is 0.376 e. The van der Waals surface area contributed by atoms with E-state index in [1.165, 1.54) is 0 Å². The van der Waals surface area contributed by atoms with E-state index in [9.17, 15) is 4.79 Å². The molecule has 1 rings (SSSR count). The van der Waals surface area contributed by atoms with Crippen LogP contribution in [0, 0.1) is 13.8 Å². The third kappa shape index (κ3) is 2.50. The number of carbonyl (C=O) groups excluding carboxylic acids is 1. The van der Waals surface area contributed by atoms with Crippen LogP contribution in [0.4, 0.5) is 0 Å². The van der Waals surface area contributed by atoms with Gasteiger partial charge < -0.3 is 4.79 Å². The molecule has 1 aromatic rings. The van der Waals surface area contributed by atoms with Gasteiger partial charge in [-0.1, -0.05) is 19.9 Å². The van der Waals surface area contributed by atoms with E-state index in [-0.39, 0.29) is 32.7 Å². The first-order chi connectivity index (χ1) is 4.75. The van der Waals surface area contributed by atoms with Crippen LogP contribution in [0.15, 0.2) is 18.2 Å². The minimum Gasteiger partial charge on any atom is -0.376 e. The van der Waals surface area contributed by atoms with Crippen molar-refractivity contribution in [2.75, 3.05) is 0 Å². The number of benzene rings is 1. The summed E-state index contributed by atoms with van der Waals surface area (Å²) in [6, 6.07) is 5.76. The van der Waals surface area contributed by atoms with Gasteiger partial charge in [0.1, 0.15) is 0 Å². The van der Waals surface area contributed by atoms with Crippen molar-refractivity contribution < 1.29 is 37.5 Å². The smallest absolute Gasteiger partial charge is 0.0632 e. The maximum Gasteiger partial charge on any atom is 0.0632 e. The van der Waals surface area contributed by atoms with Crippen molar-refractivity contribution in [2.45, 2.75) is 13.8 Å². The Balaban J connectivity index is 0.000001000. The van der Waals surface area contributed by atoms with E-state index in [4.69, 9.17) is 0 Å². The molecule has 1 radical (unpaired) electrons. The second-order valence-electron chi connectivity index (χ2n) is 2.37. The quantitative estimate of drug-likeness (QED) is 0.661. The van der Waals surface area contributed by atoms with Gasteiger partial charge in [0.05, 0.1) is 6.29 Å². The van der Waals surface area contributed by atoms with E-state index in [1.807, 2.05) is 38.3 Å². The Morgan fingerprint density at radius 1 is 1.18 bits per heavy atom. The molecule has 0 spiro atoms. The molecule has 0 aliphatic rings. The van der Waals surface area contributed by atoms with E-state index >= 15 is 0 Å². The summed E-state index contributed by atoms with van der Waals surface area (Å²) >= 11 is 0. The Morgan fingerprint density at radius 3 is 1.91 bits per heavy atom. The van der Waals surface area contributed by atoms with E-state index in [2.05, 4.69) is 0 Å². The Labute approximate surface area is 92.1 Å². The normalized spacial score (nSPS) is 8.55. The molecule has 0 bridgehead atoms. The minimum absolute atomic E-state index is 0. The van der Waals surface area contributed by atoms with E-state index in [1.54, 1.807) is 0 Å². The molecule has 11 heavy (non-hydrogen) atoms. The minimum atomic E-state index is 0. The second-order valence-corrected chi connectivity index (χ2v) is 2.37. The van der Waals surface area contributed by atoms with Gasteiger partial charge in [-0.3, -0.25) is 0 Å². The average molecular weight is 222 g/mol. The fraction of sp³-hybridized carbons (Fsp3) is 0.222. The zero-order valence-electron chi connectivity index (χ0n) is 6.72. The Bertz CT molecular complexity index is 235. The SMILES string of the molecule is Cc1cccc(C)c1[C-]=O.[Y]. The molecule has 0 atom stereocenters. The van der Waals surface area contributed by atoms with Gasteiger partial charge in [0, 0.05) is 32.7 Å². The molecular formula is C9H9OY-. The molecule has 0 amide bonds. The van der Waals surface area contributed by atoms with Crippen molar-refractivity contribution in [3.05, 3.63) is 34.9 Å². The monoisotopic (exact) mass is 222 g/mol. The van der Waals surface area contributed by atoms with Gasteiger partial charge in [-0.15, -0.1) is 28.8 Å². The van der Waals surface area contributed by atoms with Gasteiger partial charge in [-0.25, -0.2) is 0 Å². The summed E-state index contributed by atoms with van der Waals surface area (Å²) in [5.74, 6) is 0. The molecule has 0 aliphatic heterocycles. The molecule has 0 saturated heterocycles. The summed E-state index contributed by atoms with van der Waals surface area (Å²) in [4.78, 5) is 10.3. The van der Waals surface area contributed by atoms with Gasteiger partial charge in [0.15, 0.2) is 0 Å². The van der Waals surface area contributed by atoms with Crippen molar-refractivity contribution in [1.82, 2.24) is 0 Å². The average Bonchev–Trinajstić information content (AvgIpc) is 1.88. The summed E-state index contributed by atoms with van der Waals surface area (Å²) in [6.45, 7) is 3.82. The van der Waals surface area contributed by atoms with Gasteiger partial charge >= 0.3 is 0 Å². The first-order valence-corrected chi connectivity index (χ1v) is 3.20. The summed E-state index contributed by atoms with van der Waals surface area (Å²) in [5.41, 5.74) is 2.69. The van der Waals surface area contributed by atoms with Crippen molar-refractivity contribution in [1.29, 1.82) is 0 Å². The molecule has 0 heterocycles. The van der Waals surface area contributed by atoms with Crippen LogP contribution in [0.5, 0.6) is 0 Å². The molecular weight excluding hydrogens is 213 g/mol. The maximum absolute atomic E-state index is 10.3. The molecule has 1 aromatic carbocycles. The zero-order chi connectivity index (χ0) is 7.56. The van der Waals surface area contributed by atoms with E-state index in [0.29, 0.717) is 5.56 Å². The Hall–Kier alpha value is -0.00610. The van der Waals surface area contributed by atoms with Crippen LogP contribution in [-0.4, -0.2) is 6.29 Å². The van der Waals surface area contributed by atoms with Crippen LogP contribution in [0.1, 0.15) is 16.7 Å². The molecule has 0 unspecified atom stereocenters. The van der Waals surface area contributed by atoms with Crippen LogP contribution in [0.25, 0.3) is 0 Å². The van der Waals surface area contributed by atoms with E-state index in [0.717, 1.165) is 11.1 Å². The summed E-state index contributed by atoms with van der Waals surface area (Å²) < 4.78 is 0. The van der Waals surface area contributed by atoms with Crippen molar-refractivity contribution in [3.63, 3.8) is 0 Å². The summed E-state index contributed by atoms with van der Waals surface area (Å²) in [6.07, 6.45) is 1.91. The van der Waals surface area contributed by atoms with Crippen LogP contribution in [0.3, 0.4) is 0 Å². The molecule has 55 valence electrons. The molecule has 0 fully saturated rings.